The fourth-order valence-corrected chi connectivity index (χ4v) is 3.04. The zero-order valence-electron chi connectivity index (χ0n) is 13.4. The standard InChI is InChI=1S/C19H21FN2O2/c20-16-7-4-8-17(18(16)15-9-11-21-12-10-15)22-19(23)24-13-14-5-2-1-3-6-14/h1-8,15,21H,9-13H2,(H,22,23). The van der Waals surface area contributed by atoms with Crippen molar-refractivity contribution in [3.05, 3.63) is 65.5 Å². The molecule has 2 N–H and O–H groups in total. The Hall–Kier alpha value is -2.40. The smallest absolute Gasteiger partial charge is 0.411 e. The number of benzene rings is 2. The van der Waals surface area contributed by atoms with E-state index in [2.05, 4.69) is 10.6 Å². The Bertz CT molecular complexity index is 685. The van der Waals surface area contributed by atoms with Gasteiger partial charge in [-0.05, 0) is 49.5 Å². The lowest BCUT2D eigenvalue weighted by Crippen LogP contribution is -2.28. The van der Waals surface area contributed by atoms with Crippen LogP contribution in [0.25, 0.3) is 0 Å². The molecule has 4 nitrogen and oxygen atoms in total. The first-order valence-corrected chi connectivity index (χ1v) is 8.21. The maximum absolute atomic E-state index is 14.3. The maximum Gasteiger partial charge on any atom is 0.411 e. The number of halogens is 1. The van der Waals surface area contributed by atoms with E-state index in [9.17, 15) is 9.18 Å². The molecule has 5 heteroatoms. The monoisotopic (exact) mass is 328 g/mol. The molecule has 0 aromatic heterocycles. The molecular weight excluding hydrogens is 307 g/mol. The third-order valence-electron chi connectivity index (χ3n) is 4.25. The molecule has 0 saturated carbocycles. The minimum atomic E-state index is -0.570. The number of hydrogen-bond donors (Lipinski definition) is 2. The van der Waals surface area contributed by atoms with Gasteiger partial charge in [-0.15, -0.1) is 0 Å². The number of anilines is 1. The van der Waals surface area contributed by atoms with Crippen LogP contribution in [0.1, 0.15) is 29.9 Å². The zero-order chi connectivity index (χ0) is 16.8. The highest BCUT2D eigenvalue weighted by atomic mass is 19.1. The van der Waals surface area contributed by atoms with E-state index in [0.29, 0.717) is 11.3 Å². The Morgan fingerprint density at radius 3 is 2.62 bits per heavy atom. The van der Waals surface area contributed by atoms with Crippen molar-refractivity contribution in [2.45, 2.75) is 25.4 Å². The van der Waals surface area contributed by atoms with Crippen molar-refractivity contribution >= 4 is 11.8 Å². The molecule has 0 bridgehead atoms. The summed E-state index contributed by atoms with van der Waals surface area (Å²) in [5.74, 6) is -0.167. The van der Waals surface area contributed by atoms with Gasteiger partial charge in [0.1, 0.15) is 12.4 Å². The van der Waals surface area contributed by atoms with Gasteiger partial charge in [0, 0.05) is 5.56 Å². The Kier molecular flexibility index (Phi) is 5.43. The van der Waals surface area contributed by atoms with E-state index in [1.165, 1.54) is 6.07 Å². The predicted molar refractivity (Wildman–Crippen MR) is 91.5 cm³/mol. The number of carbonyl (C=O) groups excluding carboxylic acids is 1. The molecule has 1 aliphatic rings. The average molecular weight is 328 g/mol. The van der Waals surface area contributed by atoms with Crippen LogP contribution in [0.15, 0.2) is 48.5 Å². The van der Waals surface area contributed by atoms with Crippen molar-refractivity contribution in [2.75, 3.05) is 18.4 Å². The molecule has 1 heterocycles. The molecule has 1 amide bonds. The quantitative estimate of drug-likeness (QED) is 0.890. The fourth-order valence-electron chi connectivity index (χ4n) is 3.04. The van der Waals surface area contributed by atoms with Gasteiger partial charge < -0.3 is 10.1 Å². The summed E-state index contributed by atoms with van der Waals surface area (Å²) in [4.78, 5) is 12.1. The van der Waals surface area contributed by atoms with Gasteiger partial charge in [-0.2, -0.15) is 0 Å². The summed E-state index contributed by atoms with van der Waals surface area (Å²) in [6.07, 6.45) is 1.14. The number of rotatable bonds is 4. The first-order valence-electron chi connectivity index (χ1n) is 8.21. The molecule has 2 aromatic rings. The van der Waals surface area contributed by atoms with Crippen LogP contribution in [0.5, 0.6) is 0 Å². The topological polar surface area (TPSA) is 50.4 Å². The maximum atomic E-state index is 14.3. The number of hydrogen-bond acceptors (Lipinski definition) is 3. The highest BCUT2D eigenvalue weighted by Gasteiger charge is 2.22. The molecule has 1 saturated heterocycles. The third kappa shape index (κ3) is 4.11. The second-order valence-electron chi connectivity index (χ2n) is 5.91. The molecule has 0 radical (unpaired) electrons. The predicted octanol–water partition coefficient (Wildman–Crippen LogP) is 4.04. The van der Waals surface area contributed by atoms with E-state index < -0.39 is 6.09 Å². The van der Waals surface area contributed by atoms with Crippen molar-refractivity contribution in [1.29, 1.82) is 0 Å². The van der Waals surface area contributed by atoms with E-state index in [4.69, 9.17) is 4.74 Å². The largest absolute Gasteiger partial charge is 0.444 e. The van der Waals surface area contributed by atoms with Crippen LogP contribution in [0, 0.1) is 5.82 Å². The van der Waals surface area contributed by atoms with Gasteiger partial charge in [-0.3, -0.25) is 5.32 Å². The number of nitrogens with one attached hydrogen (secondary N) is 2. The van der Waals surface area contributed by atoms with Crippen molar-refractivity contribution < 1.29 is 13.9 Å². The highest BCUT2D eigenvalue weighted by molar-refractivity contribution is 5.85. The lowest BCUT2D eigenvalue weighted by molar-refractivity contribution is 0.155. The second-order valence-corrected chi connectivity index (χ2v) is 5.91. The van der Waals surface area contributed by atoms with Crippen LogP contribution in [-0.2, 0) is 11.3 Å². The first kappa shape index (κ1) is 16.5. The summed E-state index contributed by atoms with van der Waals surface area (Å²) < 4.78 is 19.6. The van der Waals surface area contributed by atoms with Crippen LogP contribution in [0.3, 0.4) is 0 Å². The molecule has 0 unspecified atom stereocenters. The van der Waals surface area contributed by atoms with Gasteiger partial charge in [0.15, 0.2) is 0 Å². The van der Waals surface area contributed by atoms with Crippen molar-refractivity contribution in [3.63, 3.8) is 0 Å². The van der Waals surface area contributed by atoms with E-state index in [1.807, 2.05) is 30.3 Å². The molecule has 1 aliphatic heterocycles. The van der Waals surface area contributed by atoms with Crippen molar-refractivity contribution in [3.8, 4) is 0 Å². The summed E-state index contributed by atoms with van der Waals surface area (Å²) >= 11 is 0. The molecule has 1 fully saturated rings. The SMILES string of the molecule is O=C(Nc1cccc(F)c1C1CCNCC1)OCc1ccccc1. The molecule has 3 rings (SSSR count). The normalized spacial score (nSPS) is 15.0. The summed E-state index contributed by atoms with van der Waals surface area (Å²) in [5.41, 5.74) is 1.99. The molecule has 0 atom stereocenters. The lowest BCUT2D eigenvalue weighted by atomic mass is 9.88. The fraction of sp³-hybridized carbons (Fsp3) is 0.316. The number of piperidine rings is 1. The van der Waals surface area contributed by atoms with Gasteiger partial charge >= 0.3 is 6.09 Å². The van der Waals surface area contributed by atoms with Crippen LogP contribution in [0.2, 0.25) is 0 Å². The number of amides is 1. The third-order valence-corrected chi connectivity index (χ3v) is 4.25. The minimum Gasteiger partial charge on any atom is -0.444 e. The van der Waals surface area contributed by atoms with E-state index >= 15 is 0 Å². The lowest BCUT2D eigenvalue weighted by Gasteiger charge is -2.25. The van der Waals surface area contributed by atoms with Crippen molar-refractivity contribution in [2.24, 2.45) is 0 Å². The first-order chi connectivity index (χ1) is 11.7. The van der Waals surface area contributed by atoms with Crippen LogP contribution >= 0.6 is 0 Å². The van der Waals surface area contributed by atoms with Crippen LogP contribution in [-0.4, -0.2) is 19.2 Å². The summed E-state index contributed by atoms with van der Waals surface area (Å²) in [7, 11) is 0. The van der Waals surface area contributed by atoms with E-state index in [1.54, 1.807) is 12.1 Å². The van der Waals surface area contributed by atoms with Gasteiger partial charge in [-0.1, -0.05) is 36.4 Å². The molecule has 126 valence electrons. The second kappa shape index (κ2) is 7.93. The molecule has 2 aromatic carbocycles. The molecule has 24 heavy (non-hydrogen) atoms. The van der Waals surface area contributed by atoms with Gasteiger partial charge in [0.05, 0.1) is 5.69 Å². The van der Waals surface area contributed by atoms with Crippen LogP contribution < -0.4 is 10.6 Å². The Morgan fingerprint density at radius 2 is 1.88 bits per heavy atom. The van der Waals surface area contributed by atoms with Crippen LogP contribution in [0.4, 0.5) is 14.9 Å². The Labute approximate surface area is 141 Å². The molecular formula is C19H21FN2O2. The molecule has 0 spiro atoms. The summed E-state index contributed by atoms with van der Waals surface area (Å²) in [5, 5.41) is 5.97. The van der Waals surface area contributed by atoms with E-state index in [0.717, 1.165) is 31.5 Å². The van der Waals surface area contributed by atoms with Gasteiger partial charge in [0.25, 0.3) is 0 Å². The Morgan fingerprint density at radius 1 is 1.12 bits per heavy atom. The zero-order valence-corrected chi connectivity index (χ0v) is 13.4. The van der Waals surface area contributed by atoms with E-state index in [-0.39, 0.29) is 18.3 Å². The number of carbonyl (C=O) groups is 1. The summed E-state index contributed by atoms with van der Waals surface area (Å²) in [6.45, 7) is 1.90. The minimum absolute atomic E-state index is 0.108. The Balaban J connectivity index is 1.67. The number of ether oxygens (including phenoxy) is 1. The molecule has 0 aliphatic carbocycles. The summed E-state index contributed by atoms with van der Waals surface area (Å²) in [6, 6.07) is 14.2. The van der Waals surface area contributed by atoms with Gasteiger partial charge in [-0.25, -0.2) is 9.18 Å². The highest BCUT2D eigenvalue weighted by Crippen LogP contribution is 2.33. The average Bonchev–Trinajstić information content (AvgIpc) is 2.62. The van der Waals surface area contributed by atoms with Gasteiger partial charge in [0.2, 0.25) is 0 Å². The van der Waals surface area contributed by atoms with Crippen molar-refractivity contribution in [1.82, 2.24) is 5.32 Å².